The Bertz CT molecular complexity index is 5140. The minimum absolute atomic E-state index is 0.0488. The molecule has 4 saturated heterocycles. The predicted octanol–water partition coefficient (Wildman–Crippen LogP) is 19.2. The second-order valence-corrected chi connectivity index (χ2v) is 29.9. The second-order valence-electron chi connectivity index (χ2n) is 29.9. The van der Waals surface area contributed by atoms with Crippen LogP contribution < -0.4 is 0 Å². The molecule has 4 atom stereocenters. The summed E-state index contributed by atoms with van der Waals surface area (Å²) >= 11 is 0. The van der Waals surface area contributed by atoms with Crippen molar-refractivity contribution in [2.24, 2.45) is 0 Å². The lowest BCUT2D eigenvalue weighted by Gasteiger charge is -2.36. The van der Waals surface area contributed by atoms with Gasteiger partial charge in [-0.1, -0.05) is 121 Å². The number of ether oxygens (including phenoxy) is 2. The molecule has 20 nitrogen and oxygen atoms in total. The van der Waals surface area contributed by atoms with Gasteiger partial charge in [0.1, 0.15) is 36.5 Å². The van der Waals surface area contributed by atoms with Gasteiger partial charge in [0.15, 0.2) is 0 Å². The number of nitrogens with zero attached hydrogens (tertiary/aromatic N) is 10. The summed E-state index contributed by atoms with van der Waals surface area (Å²) in [6.45, 7) is 19.9. The van der Waals surface area contributed by atoms with Crippen LogP contribution in [0.25, 0.3) is 88.4 Å². The number of fused-ring (bicyclic) bond motifs is 4. The van der Waals surface area contributed by atoms with Crippen LogP contribution in [0.2, 0.25) is 0 Å². The van der Waals surface area contributed by atoms with E-state index in [1.807, 2.05) is 98.7 Å². The molecule has 12 aromatic rings. The summed E-state index contributed by atoms with van der Waals surface area (Å²) in [5, 5.41) is 4.54. The number of aromatic nitrogens is 8. The minimum atomic E-state index is -0.315. The second kappa shape index (κ2) is 30.4. The van der Waals surface area contributed by atoms with Crippen LogP contribution >= 0.6 is 0 Å². The number of urea groups is 2. The molecule has 8 heterocycles. The number of imidazole rings is 4. The average Bonchev–Trinajstić information content (AvgIpc) is 1.56. The molecule has 6 amide bonds. The Morgan fingerprint density at radius 2 is 0.708 bits per heavy atom. The molecule has 0 aliphatic carbocycles. The van der Waals surface area contributed by atoms with Crippen molar-refractivity contribution >= 4 is 67.9 Å². The number of benzene rings is 8. The van der Waals surface area contributed by atoms with E-state index in [1.165, 1.54) is 0 Å². The Morgan fingerprint density at radius 1 is 0.387 bits per heavy atom. The largest absolute Gasteiger partial charge is 0.445 e. The fourth-order valence-electron chi connectivity index (χ4n) is 16.3. The van der Waals surface area contributed by atoms with E-state index in [2.05, 4.69) is 178 Å². The van der Waals surface area contributed by atoms with Crippen LogP contribution in [0.1, 0.15) is 165 Å². The van der Waals surface area contributed by atoms with E-state index >= 15 is 0 Å². The number of hydrogen-bond donors (Lipinski definition) is 4. The van der Waals surface area contributed by atoms with Gasteiger partial charge in [0.2, 0.25) is 0 Å². The first-order chi connectivity index (χ1) is 51.5. The number of aromatic amines is 4. The minimum Gasteiger partial charge on any atom is -0.445 e. The average molecular weight is 1420 g/mol. The highest BCUT2D eigenvalue weighted by molar-refractivity contribution is 5.94. The normalized spacial score (nSPS) is 17.5. The molecule has 0 unspecified atom stereocenters. The summed E-state index contributed by atoms with van der Waals surface area (Å²) in [6.07, 6.45) is 10.3. The van der Waals surface area contributed by atoms with Gasteiger partial charge < -0.3 is 49.0 Å². The zero-order valence-corrected chi connectivity index (χ0v) is 61.8. The number of H-pyrrole nitrogens is 4. The zero-order valence-electron chi connectivity index (χ0n) is 61.8. The maximum Gasteiger partial charge on any atom is 0.410 e. The van der Waals surface area contributed by atoms with Crippen molar-refractivity contribution in [2.75, 3.05) is 26.2 Å². The first-order valence-electron chi connectivity index (χ1n) is 37.8. The van der Waals surface area contributed by atoms with Crippen molar-refractivity contribution in [1.82, 2.24) is 69.3 Å². The topological polar surface area (TPSA) is 221 Å². The number of likely N-dealkylation sites (tertiary alicyclic amines) is 4. The van der Waals surface area contributed by atoms with Crippen molar-refractivity contribution in [3.63, 3.8) is 0 Å². The van der Waals surface area contributed by atoms with Crippen molar-refractivity contribution in [2.45, 2.75) is 168 Å². The van der Waals surface area contributed by atoms with Crippen LogP contribution in [-0.2, 0) is 22.7 Å². The maximum atomic E-state index is 13.6. The lowest BCUT2D eigenvalue weighted by atomic mass is 9.99. The Balaban J connectivity index is 0.000000170. The van der Waals surface area contributed by atoms with Crippen LogP contribution in [0.15, 0.2) is 182 Å². The number of carbonyl (C=O) groups is 4. The summed E-state index contributed by atoms with van der Waals surface area (Å²) in [5.41, 5.74) is 14.0. The van der Waals surface area contributed by atoms with Gasteiger partial charge in [0.05, 0.1) is 70.0 Å². The Morgan fingerprint density at radius 3 is 1.09 bits per heavy atom. The van der Waals surface area contributed by atoms with E-state index in [-0.39, 0.29) is 85.8 Å². The predicted molar refractivity (Wildman–Crippen MR) is 416 cm³/mol. The first-order valence-corrected chi connectivity index (χ1v) is 37.8. The van der Waals surface area contributed by atoms with Crippen LogP contribution in [-0.4, -0.2) is 144 Å². The molecule has 16 rings (SSSR count). The highest BCUT2D eigenvalue weighted by Gasteiger charge is 2.39. The number of hydrogen-bond acceptors (Lipinski definition) is 10. The van der Waals surface area contributed by atoms with E-state index in [0.717, 1.165) is 187 Å². The summed E-state index contributed by atoms with van der Waals surface area (Å²) in [6, 6.07) is 58.4. The SMILES string of the molecule is CC(C)N(C(=O)N1CCC[C@H]1c1ncc(-c2ccc3cc(-c4ccc5nc([C@@H]6CCCN6C(=O)N(C(C)C)C(C)C)[nH]c5c4)ccc3c2)[nH]1)C(C)C.O=C(OCc1ccccc1)N1CCC[C@H]1c1ncc(-c2ccc3cc(-c4ccc5nc([C@@H]6CCCN6C(=O)OCc6ccccc6)[nH]c5c4)ccc3c2)[nH]1. The number of nitrogens with one attached hydrogen (secondary N) is 4. The summed E-state index contributed by atoms with van der Waals surface area (Å²) in [5.74, 6) is 3.27. The van der Waals surface area contributed by atoms with Gasteiger partial charge in [-0.15, -0.1) is 0 Å². The van der Waals surface area contributed by atoms with Gasteiger partial charge >= 0.3 is 24.2 Å². The summed E-state index contributed by atoms with van der Waals surface area (Å²) < 4.78 is 11.3. The van der Waals surface area contributed by atoms with Gasteiger partial charge in [-0.05, 0) is 210 Å². The molecule has 0 radical (unpaired) electrons. The summed E-state index contributed by atoms with van der Waals surface area (Å²) in [7, 11) is 0. The van der Waals surface area contributed by atoms with Crippen molar-refractivity contribution in [1.29, 1.82) is 0 Å². The standard InChI is InChI=1S/C44H40N6O4.C42H54N8O2/c51-43(53-27-29-9-3-1-4-10-29)49-21-7-13-39(49)41-45-26-38(48-41)35-18-17-31-23-32(15-16-33(31)24-35)34-19-20-36-37(25-34)47-42(46-36)40-14-8-22-50(40)44(52)54-28-30-11-5-2-6-12-30;1-25(2)49(26(3)4)41(51)47-19-9-11-37(47)39-43-24-36(46-39)33-16-15-29-21-30(13-14-31(29)22-33)32-17-18-34-35(23-32)45-40(44-34)38-12-10-20-48(38)42(52)50(27(5)6)28(7)8/h1-6,9-12,15-20,23-26,39-40H,7-8,13-14,21-22,27-28H2,(H,45,48)(H,46,47);13-18,21-28,37-38H,9-12,19-20H2,1-8H3,(H,43,46)(H,44,45)/t39-,40-;37-,38-/m00/s1. The zero-order chi connectivity index (χ0) is 73.3. The Hall–Kier alpha value is -11.3. The third kappa shape index (κ3) is 14.7. The van der Waals surface area contributed by atoms with Crippen LogP contribution in [0.5, 0.6) is 0 Å². The van der Waals surface area contributed by atoms with Crippen molar-refractivity contribution in [3.8, 4) is 44.8 Å². The molecule has 8 aromatic carbocycles. The smallest absolute Gasteiger partial charge is 0.410 e. The molecule has 4 aromatic heterocycles. The molecular formula is C86H94N14O6. The summed E-state index contributed by atoms with van der Waals surface area (Å²) in [4.78, 5) is 98.2. The highest BCUT2D eigenvalue weighted by atomic mass is 16.6. The van der Waals surface area contributed by atoms with E-state index in [4.69, 9.17) is 29.4 Å². The maximum absolute atomic E-state index is 13.6. The first kappa shape index (κ1) is 70.4. The molecule has 0 spiro atoms. The fourth-order valence-corrected chi connectivity index (χ4v) is 16.3. The molecule has 20 heteroatoms. The van der Waals surface area contributed by atoms with Gasteiger partial charge in [-0.3, -0.25) is 9.80 Å². The molecule has 4 N–H and O–H groups in total. The van der Waals surface area contributed by atoms with Gasteiger partial charge in [0.25, 0.3) is 0 Å². The van der Waals surface area contributed by atoms with Crippen LogP contribution in [0.4, 0.5) is 19.2 Å². The van der Waals surface area contributed by atoms with E-state index in [0.29, 0.717) is 13.1 Å². The van der Waals surface area contributed by atoms with Gasteiger partial charge in [0, 0.05) is 61.5 Å². The molecule has 4 aliphatic heterocycles. The molecule has 544 valence electrons. The van der Waals surface area contributed by atoms with E-state index < -0.39 is 0 Å². The molecule has 4 fully saturated rings. The lowest BCUT2D eigenvalue weighted by Crippen LogP contribution is -2.49. The van der Waals surface area contributed by atoms with Gasteiger partial charge in [-0.25, -0.2) is 39.1 Å². The molecule has 0 saturated carbocycles. The van der Waals surface area contributed by atoms with E-state index in [9.17, 15) is 19.2 Å². The molecule has 4 aliphatic rings. The quantitative estimate of drug-likeness (QED) is 0.0716. The Kier molecular flexibility index (Phi) is 20.2. The number of rotatable bonds is 16. The third-order valence-corrected chi connectivity index (χ3v) is 21.5. The monoisotopic (exact) mass is 1420 g/mol. The molecular weight excluding hydrogens is 1330 g/mol. The molecule has 0 bridgehead atoms. The Labute approximate surface area is 618 Å². The number of amides is 6. The third-order valence-electron chi connectivity index (χ3n) is 21.5. The highest BCUT2D eigenvalue weighted by Crippen LogP contribution is 2.40. The van der Waals surface area contributed by atoms with Crippen LogP contribution in [0, 0.1) is 0 Å². The van der Waals surface area contributed by atoms with Crippen LogP contribution in [0.3, 0.4) is 0 Å². The number of carbonyl (C=O) groups excluding carboxylic acids is 4. The van der Waals surface area contributed by atoms with E-state index in [1.54, 1.807) is 9.80 Å². The van der Waals surface area contributed by atoms with Gasteiger partial charge in [-0.2, -0.15) is 0 Å². The lowest BCUT2D eigenvalue weighted by molar-refractivity contribution is 0.0903. The van der Waals surface area contributed by atoms with Crippen molar-refractivity contribution < 1.29 is 28.7 Å². The fraction of sp³-hybridized carbons (Fsp3) is 0.349. The molecule has 106 heavy (non-hydrogen) atoms. The van der Waals surface area contributed by atoms with Crippen molar-refractivity contribution in [3.05, 3.63) is 217 Å².